The fourth-order valence-electron chi connectivity index (χ4n) is 2.47. The first kappa shape index (κ1) is 13.0. The van der Waals surface area contributed by atoms with Crippen LogP contribution in [0.15, 0.2) is 0 Å². The summed E-state index contributed by atoms with van der Waals surface area (Å²) < 4.78 is 0. The van der Waals surface area contributed by atoms with Gasteiger partial charge in [0.15, 0.2) is 0 Å². The SMILES string of the molecule is CC(=O)NC(CC(=O)O)C1CCC(C)CC1. The minimum Gasteiger partial charge on any atom is -0.481 e. The lowest BCUT2D eigenvalue weighted by Gasteiger charge is -2.32. The maximum Gasteiger partial charge on any atom is 0.305 e. The topological polar surface area (TPSA) is 66.4 Å². The number of aliphatic carboxylic acids is 1. The van der Waals surface area contributed by atoms with Crippen LogP contribution in [0.25, 0.3) is 0 Å². The Labute approximate surface area is 96.4 Å². The molecular formula is C12H21NO3. The number of rotatable bonds is 4. The zero-order chi connectivity index (χ0) is 12.1. The zero-order valence-electron chi connectivity index (χ0n) is 10.0. The Morgan fingerprint density at radius 1 is 1.31 bits per heavy atom. The largest absolute Gasteiger partial charge is 0.481 e. The molecule has 1 atom stereocenters. The molecule has 1 aliphatic rings. The molecule has 92 valence electrons. The van der Waals surface area contributed by atoms with E-state index >= 15 is 0 Å². The van der Waals surface area contributed by atoms with Crippen molar-refractivity contribution in [2.45, 2.75) is 52.0 Å². The second kappa shape index (κ2) is 5.87. The molecule has 1 aliphatic carbocycles. The first-order valence-electron chi connectivity index (χ1n) is 5.98. The monoisotopic (exact) mass is 227 g/mol. The molecule has 0 radical (unpaired) electrons. The molecule has 2 N–H and O–H groups in total. The molecule has 4 heteroatoms. The molecule has 4 nitrogen and oxygen atoms in total. The Morgan fingerprint density at radius 3 is 2.31 bits per heavy atom. The summed E-state index contributed by atoms with van der Waals surface area (Å²) in [6.07, 6.45) is 4.37. The van der Waals surface area contributed by atoms with Gasteiger partial charge in [0.05, 0.1) is 6.42 Å². The van der Waals surface area contributed by atoms with Crippen molar-refractivity contribution >= 4 is 11.9 Å². The van der Waals surface area contributed by atoms with Crippen molar-refractivity contribution < 1.29 is 14.7 Å². The van der Waals surface area contributed by atoms with Gasteiger partial charge in [0.1, 0.15) is 0 Å². The predicted octanol–water partition coefficient (Wildman–Crippen LogP) is 1.79. The van der Waals surface area contributed by atoms with Gasteiger partial charge < -0.3 is 10.4 Å². The Balaban J connectivity index is 2.53. The van der Waals surface area contributed by atoms with E-state index in [0.717, 1.165) is 31.6 Å². The highest BCUT2D eigenvalue weighted by Gasteiger charge is 2.28. The van der Waals surface area contributed by atoms with Crippen LogP contribution >= 0.6 is 0 Å². The van der Waals surface area contributed by atoms with E-state index in [9.17, 15) is 9.59 Å². The maximum absolute atomic E-state index is 11.0. The van der Waals surface area contributed by atoms with Crippen molar-refractivity contribution in [1.29, 1.82) is 0 Å². The summed E-state index contributed by atoms with van der Waals surface area (Å²) in [5.74, 6) is 0.0949. The van der Waals surface area contributed by atoms with Gasteiger partial charge in [-0.2, -0.15) is 0 Å². The van der Waals surface area contributed by atoms with Gasteiger partial charge in [-0.05, 0) is 24.7 Å². The first-order chi connectivity index (χ1) is 7.49. The standard InChI is InChI=1S/C12H21NO3/c1-8-3-5-10(6-4-8)11(7-12(15)16)13-9(2)14/h8,10-11H,3-7H2,1-2H3,(H,13,14)(H,15,16). The highest BCUT2D eigenvalue weighted by Crippen LogP contribution is 2.31. The minimum absolute atomic E-state index is 0.0403. The lowest BCUT2D eigenvalue weighted by molar-refractivity contribution is -0.138. The summed E-state index contributed by atoms with van der Waals surface area (Å²) in [7, 11) is 0. The third-order valence-corrected chi connectivity index (χ3v) is 3.41. The summed E-state index contributed by atoms with van der Waals surface area (Å²) in [4.78, 5) is 21.8. The van der Waals surface area contributed by atoms with Crippen LogP contribution < -0.4 is 5.32 Å². The summed E-state index contributed by atoms with van der Waals surface area (Å²) in [5, 5.41) is 11.6. The number of amides is 1. The number of nitrogens with one attached hydrogen (secondary N) is 1. The van der Waals surface area contributed by atoms with Crippen molar-refractivity contribution in [2.24, 2.45) is 11.8 Å². The van der Waals surface area contributed by atoms with Gasteiger partial charge in [0, 0.05) is 13.0 Å². The third kappa shape index (κ3) is 4.21. The van der Waals surface area contributed by atoms with Crippen LogP contribution in [-0.2, 0) is 9.59 Å². The maximum atomic E-state index is 11.0. The normalized spacial score (nSPS) is 27.1. The fourth-order valence-corrected chi connectivity index (χ4v) is 2.47. The molecule has 1 unspecified atom stereocenters. The first-order valence-corrected chi connectivity index (χ1v) is 5.98. The molecule has 0 aliphatic heterocycles. The molecule has 1 amide bonds. The van der Waals surface area contributed by atoms with Gasteiger partial charge in [-0.15, -0.1) is 0 Å². The molecule has 0 aromatic heterocycles. The van der Waals surface area contributed by atoms with Gasteiger partial charge in [0.2, 0.25) is 5.91 Å². The molecule has 16 heavy (non-hydrogen) atoms. The van der Waals surface area contributed by atoms with Gasteiger partial charge in [0.25, 0.3) is 0 Å². The van der Waals surface area contributed by atoms with Crippen LogP contribution in [0.1, 0.15) is 46.0 Å². The van der Waals surface area contributed by atoms with Crippen molar-refractivity contribution in [3.05, 3.63) is 0 Å². The molecular weight excluding hydrogens is 206 g/mol. The van der Waals surface area contributed by atoms with E-state index in [1.165, 1.54) is 6.92 Å². The van der Waals surface area contributed by atoms with E-state index in [-0.39, 0.29) is 18.4 Å². The molecule has 0 bridgehead atoms. The average molecular weight is 227 g/mol. The van der Waals surface area contributed by atoms with E-state index < -0.39 is 5.97 Å². The quantitative estimate of drug-likeness (QED) is 0.769. The van der Waals surface area contributed by atoms with E-state index in [2.05, 4.69) is 12.2 Å². The minimum atomic E-state index is -0.836. The second-order valence-corrected chi connectivity index (χ2v) is 4.92. The number of carbonyl (C=O) groups is 2. The van der Waals surface area contributed by atoms with Crippen LogP contribution in [0.3, 0.4) is 0 Å². The molecule has 0 saturated heterocycles. The van der Waals surface area contributed by atoms with Crippen molar-refractivity contribution in [3.63, 3.8) is 0 Å². The van der Waals surface area contributed by atoms with E-state index in [1.807, 2.05) is 0 Å². The highest BCUT2D eigenvalue weighted by atomic mass is 16.4. The summed E-state index contributed by atoms with van der Waals surface area (Å²) in [6, 6.07) is -0.192. The van der Waals surface area contributed by atoms with Gasteiger partial charge in [-0.1, -0.05) is 19.8 Å². The summed E-state index contributed by atoms with van der Waals surface area (Å²) >= 11 is 0. The van der Waals surface area contributed by atoms with E-state index in [1.54, 1.807) is 0 Å². The van der Waals surface area contributed by atoms with Gasteiger partial charge in [-0.3, -0.25) is 9.59 Å². The van der Waals surface area contributed by atoms with Gasteiger partial charge >= 0.3 is 5.97 Å². The molecule has 0 spiro atoms. The van der Waals surface area contributed by atoms with Crippen molar-refractivity contribution in [2.75, 3.05) is 0 Å². The average Bonchev–Trinajstić information content (AvgIpc) is 2.16. The van der Waals surface area contributed by atoms with E-state index in [4.69, 9.17) is 5.11 Å². The van der Waals surface area contributed by atoms with Crippen molar-refractivity contribution in [1.82, 2.24) is 5.32 Å². The Hall–Kier alpha value is -1.06. The molecule has 1 saturated carbocycles. The number of carbonyl (C=O) groups excluding carboxylic acids is 1. The molecule has 0 aromatic rings. The summed E-state index contributed by atoms with van der Waals surface area (Å²) in [6.45, 7) is 3.67. The van der Waals surface area contributed by atoms with Crippen LogP contribution in [-0.4, -0.2) is 23.0 Å². The zero-order valence-corrected chi connectivity index (χ0v) is 10.0. The highest BCUT2D eigenvalue weighted by molar-refractivity contribution is 5.75. The second-order valence-electron chi connectivity index (χ2n) is 4.92. The van der Waals surface area contributed by atoms with Crippen LogP contribution in [0.4, 0.5) is 0 Å². The number of carboxylic acid groups (broad SMARTS) is 1. The lowest BCUT2D eigenvalue weighted by atomic mass is 9.78. The fraction of sp³-hybridized carbons (Fsp3) is 0.833. The number of hydrogen-bond acceptors (Lipinski definition) is 2. The smallest absolute Gasteiger partial charge is 0.305 e. The van der Waals surface area contributed by atoms with Crippen LogP contribution in [0.2, 0.25) is 0 Å². The number of hydrogen-bond donors (Lipinski definition) is 2. The Morgan fingerprint density at radius 2 is 1.88 bits per heavy atom. The van der Waals surface area contributed by atoms with Crippen LogP contribution in [0.5, 0.6) is 0 Å². The molecule has 1 rings (SSSR count). The molecule has 0 heterocycles. The third-order valence-electron chi connectivity index (χ3n) is 3.41. The predicted molar refractivity (Wildman–Crippen MR) is 61.0 cm³/mol. The summed E-state index contributed by atoms with van der Waals surface area (Å²) in [5.41, 5.74) is 0. The van der Waals surface area contributed by atoms with E-state index in [0.29, 0.717) is 5.92 Å². The Kier molecular flexibility index (Phi) is 4.77. The number of carboxylic acids is 1. The molecule has 1 fully saturated rings. The Bertz CT molecular complexity index is 241. The van der Waals surface area contributed by atoms with Crippen LogP contribution in [0, 0.1) is 11.8 Å². The van der Waals surface area contributed by atoms with Gasteiger partial charge in [-0.25, -0.2) is 0 Å². The van der Waals surface area contributed by atoms with Crippen molar-refractivity contribution in [3.8, 4) is 0 Å². The molecule has 0 aromatic carbocycles. The lowest BCUT2D eigenvalue weighted by Crippen LogP contribution is -2.42.